The molecular formula is C13H27NO2. The number of rotatable bonds is 2. The number of carbonyl (C=O) groups is 1. The molecule has 0 bridgehead atoms. The normalized spacial score (nSPS) is 16.9. The van der Waals surface area contributed by atoms with Crippen molar-refractivity contribution >= 4 is 5.97 Å². The Balaban J connectivity index is 0.000000288. The van der Waals surface area contributed by atoms with E-state index in [1.807, 2.05) is 27.7 Å². The summed E-state index contributed by atoms with van der Waals surface area (Å²) in [6, 6.07) is 0.536. The minimum atomic E-state index is -0.120. The summed E-state index contributed by atoms with van der Waals surface area (Å²) in [5.41, 5.74) is 5.63. The van der Waals surface area contributed by atoms with Crippen molar-refractivity contribution in [3.63, 3.8) is 0 Å². The molecule has 1 fully saturated rings. The lowest BCUT2D eigenvalue weighted by Gasteiger charge is -2.15. The average molecular weight is 229 g/mol. The molecule has 1 aliphatic rings. The Bertz CT molecular complexity index is 184. The molecular weight excluding hydrogens is 202 g/mol. The lowest BCUT2D eigenvalue weighted by Crippen LogP contribution is -2.22. The van der Waals surface area contributed by atoms with Crippen LogP contribution >= 0.6 is 0 Å². The van der Waals surface area contributed by atoms with Gasteiger partial charge in [0.25, 0.3) is 0 Å². The van der Waals surface area contributed by atoms with Gasteiger partial charge in [-0.05, 0) is 26.7 Å². The lowest BCUT2D eigenvalue weighted by atomic mass is 9.97. The lowest BCUT2D eigenvalue weighted by molar-refractivity contribution is -0.151. The molecule has 0 aliphatic heterocycles. The number of hydrogen-bond donors (Lipinski definition) is 1. The van der Waals surface area contributed by atoms with Crippen LogP contribution in [0.15, 0.2) is 0 Å². The smallest absolute Gasteiger partial charge is 0.308 e. The van der Waals surface area contributed by atoms with Crippen LogP contribution < -0.4 is 5.73 Å². The van der Waals surface area contributed by atoms with Gasteiger partial charge in [0.2, 0.25) is 0 Å². The predicted octanol–water partition coefficient (Wildman–Crippen LogP) is 2.87. The highest BCUT2D eigenvalue weighted by Gasteiger charge is 2.08. The first-order valence-corrected chi connectivity index (χ1v) is 6.39. The highest BCUT2D eigenvalue weighted by molar-refractivity contribution is 5.71. The fourth-order valence-electron chi connectivity index (χ4n) is 1.50. The third-order valence-electron chi connectivity index (χ3n) is 2.47. The first-order valence-electron chi connectivity index (χ1n) is 6.39. The van der Waals surface area contributed by atoms with Crippen LogP contribution in [0.3, 0.4) is 0 Å². The van der Waals surface area contributed by atoms with Crippen LogP contribution in [0.5, 0.6) is 0 Å². The number of nitrogens with two attached hydrogens (primary N) is 1. The van der Waals surface area contributed by atoms with Gasteiger partial charge >= 0.3 is 5.97 Å². The van der Waals surface area contributed by atoms with E-state index in [4.69, 9.17) is 10.5 Å². The predicted molar refractivity (Wildman–Crippen MR) is 67.1 cm³/mol. The Kier molecular flexibility index (Phi) is 8.26. The molecule has 0 aromatic rings. The van der Waals surface area contributed by atoms with Gasteiger partial charge in [-0.15, -0.1) is 0 Å². The van der Waals surface area contributed by atoms with Crippen LogP contribution in [0, 0.1) is 5.92 Å². The highest BCUT2D eigenvalue weighted by atomic mass is 16.5. The van der Waals surface area contributed by atoms with Gasteiger partial charge in [0.1, 0.15) is 0 Å². The van der Waals surface area contributed by atoms with Crippen molar-refractivity contribution < 1.29 is 9.53 Å². The van der Waals surface area contributed by atoms with E-state index in [-0.39, 0.29) is 18.0 Å². The molecule has 2 N–H and O–H groups in total. The summed E-state index contributed by atoms with van der Waals surface area (Å²) in [6.07, 6.45) is 6.68. The van der Waals surface area contributed by atoms with E-state index in [0.29, 0.717) is 6.04 Å². The largest absolute Gasteiger partial charge is 0.463 e. The molecule has 0 atom stereocenters. The van der Waals surface area contributed by atoms with Gasteiger partial charge in [-0.1, -0.05) is 33.1 Å². The van der Waals surface area contributed by atoms with E-state index in [2.05, 4.69) is 0 Å². The molecule has 0 aromatic carbocycles. The second-order valence-corrected chi connectivity index (χ2v) is 5.04. The Labute approximate surface area is 99.7 Å². The second-order valence-electron chi connectivity index (χ2n) is 5.04. The van der Waals surface area contributed by atoms with Gasteiger partial charge < -0.3 is 10.5 Å². The summed E-state index contributed by atoms with van der Waals surface area (Å²) >= 11 is 0. The Hall–Kier alpha value is -0.570. The monoisotopic (exact) mass is 229 g/mol. The molecule has 0 saturated heterocycles. The van der Waals surface area contributed by atoms with Crippen LogP contribution in [-0.2, 0) is 9.53 Å². The van der Waals surface area contributed by atoms with Crippen molar-refractivity contribution in [2.45, 2.75) is 71.9 Å². The van der Waals surface area contributed by atoms with E-state index in [1.54, 1.807) is 0 Å². The van der Waals surface area contributed by atoms with Crippen LogP contribution in [0.25, 0.3) is 0 Å². The highest BCUT2D eigenvalue weighted by Crippen LogP contribution is 2.14. The Morgan fingerprint density at radius 2 is 1.62 bits per heavy atom. The molecule has 0 aromatic heterocycles. The van der Waals surface area contributed by atoms with Crippen molar-refractivity contribution in [1.29, 1.82) is 0 Å². The maximum atomic E-state index is 10.7. The van der Waals surface area contributed by atoms with E-state index in [1.165, 1.54) is 32.1 Å². The summed E-state index contributed by atoms with van der Waals surface area (Å²) in [6.45, 7) is 7.34. The van der Waals surface area contributed by atoms with Crippen LogP contribution in [-0.4, -0.2) is 18.1 Å². The summed E-state index contributed by atoms with van der Waals surface area (Å²) in [5, 5.41) is 0. The van der Waals surface area contributed by atoms with Gasteiger partial charge in [-0.3, -0.25) is 4.79 Å². The first kappa shape index (κ1) is 15.4. The zero-order valence-electron chi connectivity index (χ0n) is 11.2. The van der Waals surface area contributed by atoms with E-state index >= 15 is 0 Å². The number of ether oxygens (including phenoxy) is 1. The minimum absolute atomic E-state index is 0.00704. The Morgan fingerprint density at radius 1 is 1.12 bits per heavy atom. The summed E-state index contributed by atoms with van der Waals surface area (Å²) < 4.78 is 4.87. The molecule has 0 amide bonds. The van der Waals surface area contributed by atoms with Crippen LogP contribution in [0.2, 0.25) is 0 Å². The standard InChI is InChI=1S/C7H14O2.C6H13N/c1-5(2)7(8)9-6(3)4;7-6-4-2-1-3-5-6/h5-6H,1-4H3;6H,1-5,7H2. The molecule has 96 valence electrons. The summed E-state index contributed by atoms with van der Waals surface area (Å²) in [7, 11) is 0. The van der Waals surface area contributed by atoms with Crippen molar-refractivity contribution in [1.82, 2.24) is 0 Å². The van der Waals surface area contributed by atoms with Crippen molar-refractivity contribution in [3.05, 3.63) is 0 Å². The van der Waals surface area contributed by atoms with Crippen molar-refractivity contribution in [2.75, 3.05) is 0 Å². The maximum Gasteiger partial charge on any atom is 0.308 e. The van der Waals surface area contributed by atoms with E-state index in [0.717, 1.165) is 0 Å². The van der Waals surface area contributed by atoms with Crippen LogP contribution in [0.1, 0.15) is 59.8 Å². The number of carbonyl (C=O) groups excluding carboxylic acids is 1. The third kappa shape index (κ3) is 8.72. The topological polar surface area (TPSA) is 52.3 Å². The molecule has 1 aliphatic carbocycles. The van der Waals surface area contributed by atoms with Gasteiger partial charge in [0.15, 0.2) is 0 Å². The molecule has 0 heterocycles. The fraction of sp³-hybridized carbons (Fsp3) is 0.923. The maximum absolute atomic E-state index is 10.7. The van der Waals surface area contributed by atoms with Crippen LogP contribution in [0.4, 0.5) is 0 Å². The zero-order chi connectivity index (χ0) is 12.6. The first-order chi connectivity index (χ1) is 7.43. The minimum Gasteiger partial charge on any atom is -0.463 e. The second kappa shape index (κ2) is 8.57. The van der Waals surface area contributed by atoms with E-state index < -0.39 is 0 Å². The number of esters is 1. The van der Waals surface area contributed by atoms with Gasteiger partial charge in [0, 0.05) is 6.04 Å². The van der Waals surface area contributed by atoms with Gasteiger partial charge in [0.05, 0.1) is 12.0 Å². The van der Waals surface area contributed by atoms with Crippen molar-refractivity contribution in [2.24, 2.45) is 11.7 Å². The Morgan fingerprint density at radius 3 is 1.81 bits per heavy atom. The zero-order valence-corrected chi connectivity index (χ0v) is 11.2. The van der Waals surface area contributed by atoms with Crippen molar-refractivity contribution in [3.8, 4) is 0 Å². The average Bonchev–Trinajstić information content (AvgIpc) is 2.18. The number of hydrogen-bond acceptors (Lipinski definition) is 3. The summed E-state index contributed by atoms with van der Waals surface area (Å²) in [4.78, 5) is 10.7. The van der Waals surface area contributed by atoms with E-state index in [9.17, 15) is 4.79 Å². The molecule has 1 saturated carbocycles. The van der Waals surface area contributed by atoms with Gasteiger partial charge in [-0.2, -0.15) is 0 Å². The van der Waals surface area contributed by atoms with Gasteiger partial charge in [-0.25, -0.2) is 0 Å². The quantitative estimate of drug-likeness (QED) is 0.741. The molecule has 16 heavy (non-hydrogen) atoms. The molecule has 0 spiro atoms. The SMILES string of the molecule is CC(C)OC(=O)C(C)C.NC1CCCCC1. The molecule has 1 rings (SSSR count). The molecule has 0 unspecified atom stereocenters. The molecule has 3 nitrogen and oxygen atoms in total. The molecule has 3 heteroatoms. The summed E-state index contributed by atoms with van der Waals surface area (Å²) in [5.74, 6) is -0.127. The fourth-order valence-corrected chi connectivity index (χ4v) is 1.50. The third-order valence-corrected chi connectivity index (χ3v) is 2.47. The molecule has 0 radical (unpaired) electrons.